The quantitative estimate of drug-likeness (QED) is 0.822. The molecule has 0 aromatic heterocycles. The third-order valence-corrected chi connectivity index (χ3v) is 5.85. The van der Waals surface area contributed by atoms with Crippen molar-refractivity contribution in [2.75, 3.05) is 14.1 Å². The summed E-state index contributed by atoms with van der Waals surface area (Å²) in [7, 11) is -1.04. The number of benzene rings is 2. The van der Waals surface area contributed by atoms with Crippen LogP contribution in [0.3, 0.4) is 0 Å². The first-order valence-electron chi connectivity index (χ1n) is 8.56. The fourth-order valence-corrected chi connectivity index (χ4v) is 3.54. The highest BCUT2D eigenvalue weighted by atomic mass is 32.2. The van der Waals surface area contributed by atoms with Gasteiger partial charge in [0.15, 0.2) is 0 Å². The van der Waals surface area contributed by atoms with E-state index in [2.05, 4.69) is 0 Å². The van der Waals surface area contributed by atoms with Gasteiger partial charge >= 0.3 is 16.4 Å². The fourth-order valence-electron chi connectivity index (χ4n) is 3.04. The molecule has 2 amide bonds. The molecular weight excluding hydrogens is 384 g/mol. The Morgan fingerprint density at radius 2 is 1.61 bits per heavy atom. The van der Waals surface area contributed by atoms with Crippen LogP contribution in [0, 0.1) is 0 Å². The van der Waals surface area contributed by atoms with E-state index in [1.165, 1.54) is 14.1 Å². The molecule has 3 rings (SSSR count). The van der Waals surface area contributed by atoms with Gasteiger partial charge in [-0.05, 0) is 35.2 Å². The van der Waals surface area contributed by atoms with Crippen LogP contribution in [0.5, 0.6) is 5.75 Å². The molecule has 1 N–H and O–H groups in total. The number of hydrogen-bond donors (Lipinski definition) is 1. The summed E-state index contributed by atoms with van der Waals surface area (Å²) < 4.78 is 29.5. The van der Waals surface area contributed by atoms with Gasteiger partial charge in [0.1, 0.15) is 5.75 Å². The SMILES string of the molecule is CN(C)S(=O)(=O)Oc1ccc(-c2ccc(C3CCC(=O)N3C(=O)O)cc2)cc1. The van der Waals surface area contributed by atoms with Crippen molar-refractivity contribution in [3.05, 3.63) is 54.1 Å². The molecule has 9 heteroatoms. The Balaban J connectivity index is 1.77. The van der Waals surface area contributed by atoms with Crippen LogP contribution in [0.15, 0.2) is 48.5 Å². The second-order valence-electron chi connectivity index (χ2n) is 6.57. The Kier molecular flexibility index (Phi) is 5.39. The number of hydrogen-bond acceptors (Lipinski definition) is 5. The number of imide groups is 1. The largest absolute Gasteiger partial charge is 0.465 e. The number of carbonyl (C=O) groups is 2. The van der Waals surface area contributed by atoms with E-state index in [0.29, 0.717) is 6.42 Å². The summed E-state index contributed by atoms with van der Waals surface area (Å²) in [6, 6.07) is 13.4. The van der Waals surface area contributed by atoms with Crippen LogP contribution in [0.4, 0.5) is 4.79 Å². The molecule has 1 aliphatic rings. The lowest BCUT2D eigenvalue weighted by Crippen LogP contribution is -2.32. The fraction of sp³-hybridized carbons (Fsp3) is 0.263. The first-order valence-corrected chi connectivity index (χ1v) is 9.93. The minimum absolute atomic E-state index is 0.204. The minimum atomic E-state index is -3.81. The lowest BCUT2D eigenvalue weighted by atomic mass is 9.99. The van der Waals surface area contributed by atoms with Crippen LogP contribution in [0.1, 0.15) is 24.4 Å². The molecular formula is C19H20N2O6S. The first-order chi connectivity index (χ1) is 13.2. The summed E-state index contributed by atoms with van der Waals surface area (Å²) >= 11 is 0. The number of carbonyl (C=O) groups excluding carboxylic acids is 1. The van der Waals surface area contributed by atoms with Gasteiger partial charge in [0.05, 0.1) is 6.04 Å². The van der Waals surface area contributed by atoms with E-state index in [0.717, 1.165) is 25.9 Å². The van der Waals surface area contributed by atoms with Crippen LogP contribution < -0.4 is 4.18 Å². The summed E-state index contributed by atoms with van der Waals surface area (Å²) in [5.74, 6) is -0.180. The van der Waals surface area contributed by atoms with Crippen molar-refractivity contribution in [3.8, 4) is 16.9 Å². The molecule has 0 spiro atoms. The molecule has 1 unspecified atom stereocenters. The van der Waals surface area contributed by atoms with Crippen molar-refractivity contribution in [2.24, 2.45) is 0 Å². The molecule has 1 atom stereocenters. The maximum atomic E-state index is 11.7. The first kappa shape index (κ1) is 19.8. The second-order valence-corrected chi connectivity index (χ2v) is 8.32. The highest BCUT2D eigenvalue weighted by molar-refractivity contribution is 7.84. The van der Waals surface area contributed by atoms with Crippen LogP contribution in [0.2, 0.25) is 0 Å². The molecule has 0 aliphatic carbocycles. The van der Waals surface area contributed by atoms with E-state index < -0.39 is 22.4 Å². The van der Waals surface area contributed by atoms with Crippen molar-refractivity contribution in [1.82, 2.24) is 9.21 Å². The van der Waals surface area contributed by atoms with E-state index >= 15 is 0 Å². The van der Waals surface area contributed by atoms with Crippen LogP contribution >= 0.6 is 0 Å². The molecule has 8 nitrogen and oxygen atoms in total. The molecule has 1 heterocycles. The van der Waals surface area contributed by atoms with Crippen molar-refractivity contribution >= 4 is 22.3 Å². The molecule has 1 fully saturated rings. The Labute approximate surface area is 163 Å². The average molecular weight is 404 g/mol. The van der Waals surface area contributed by atoms with E-state index in [4.69, 9.17) is 4.18 Å². The molecule has 1 aliphatic heterocycles. The summed E-state index contributed by atoms with van der Waals surface area (Å²) in [5.41, 5.74) is 2.48. The predicted molar refractivity (Wildman–Crippen MR) is 102 cm³/mol. The van der Waals surface area contributed by atoms with Gasteiger partial charge in [-0.3, -0.25) is 4.79 Å². The zero-order valence-corrected chi connectivity index (χ0v) is 16.2. The lowest BCUT2D eigenvalue weighted by molar-refractivity contribution is -0.126. The van der Waals surface area contributed by atoms with E-state index in [1.54, 1.807) is 36.4 Å². The summed E-state index contributed by atoms with van der Waals surface area (Å²) in [4.78, 5) is 23.9. The smallest absolute Gasteiger partial charge is 0.414 e. The molecule has 2 aromatic carbocycles. The van der Waals surface area contributed by atoms with E-state index in [-0.39, 0.29) is 18.1 Å². The number of likely N-dealkylation sites (tertiary alicyclic amines) is 1. The Hall–Kier alpha value is -2.91. The summed E-state index contributed by atoms with van der Waals surface area (Å²) in [6.07, 6.45) is -0.549. The van der Waals surface area contributed by atoms with Gasteiger partial charge < -0.3 is 9.29 Å². The Morgan fingerprint density at radius 3 is 2.11 bits per heavy atom. The molecule has 0 saturated carbocycles. The maximum absolute atomic E-state index is 11.7. The summed E-state index contributed by atoms with van der Waals surface area (Å²) in [6.45, 7) is 0. The second kappa shape index (κ2) is 7.61. The third kappa shape index (κ3) is 4.00. The molecule has 0 bridgehead atoms. The molecule has 0 radical (unpaired) electrons. The van der Waals surface area contributed by atoms with Crippen LogP contribution in [-0.4, -0.2) is 48.8 Å². The van der Waals surface area contributed by atoms with Gasteiger partial charge in [0, 0.05) is 20.5 Å². The van der Waals surface area contributed by atoms with E-state index in [1.807, 2.05) is 12.1 Å². The third-order valence-electron chi connectivity index (χ3n) is 4.55. The van der Waals surface area contributed by atoms with Crippen LogP contribution in [0.25, 0.3) is 11.1 Å². The average Bonchev–Trinajstić information content (AvgIpc) is 3.04. The Morgan fingerprint density at radius 1 is 1.07 bits per heavy atom. The highest BCUT2D eigenvalue weighted by Crippen LogP contribution is 2.34. The monoisotopic (exact) mass is 404 g/mol. The number of rotatable bonds is 5. The predicted octanol–water partition coefficient (Wildman–Crippen LogP) is 2.88. The molecule has 28 heavy (non-hydrogen) atoms. The van der Waals surface area contributed by atoms with Gasteiger partial charge in [-0.15, -0.1) is 0 Å². The molecule has 148 valence electrons. The van der Waals surface area contributed by atoms with Gasteiger partial charge in [-0.1, -0.05) is 36.4 Å². The van der Waals surface area contributed by atoms with Crippen molar-refractivity contribution in [1.29, 1.82) is 0 Å². The van der Waals surface area contributed by atoms with Crippen molar-refractivity contribution < 1.29 is 27.3 Å². The van der Waals surface area contributed by atoms with Gasteiger partial charge in [-0.2, -0.15) is 12.7 Å². The maximum Gasteiger partial charge on any atom is 0.414 e. The van der Waals surface area contributed by atoms with Gasteiger partial charge in [0.2, 0.25) is 5.91 Å². The van der Waals surface area contributed by atoms with Crippen LogP contribution in [-0.2, 0) is 15.1 Å². The van der Waals surface area contributed by atoms with Crippen molar-refractivity contribution in [3.63, 3.8) is 0 Å². The highest BCUT2D eigenvalue weighted by Gasteiger charge is 2.36. The van der Waals surface area contributed by atoms with Gasteiger partial charge in [-0.25, -0.2) is 9.69 Å². The van der Waals surface area contributed by atoms with E-state index in [9.17, 15) is 23.1 Å². The van der Waals surface area contributed by atoms with Crippen molar-refractivity contribution in [2.45, 2.75) is 18.9 Å². The standard InChI is InChI=1S/C19H20N2O6S/c1-20(2)28(25,26)27-16-9-7-14(8-10-16)13-3-5-15(6-4-13)17-11-12-18(22)21(17)19(23)24/h3-10,17H,11-12H2,1-2H3,(H,23,24). The topological polar surface area (TPSA) is 104 Å². The zero-order chi connectivity index (χ0) is 20.5. The normalized spacial score (nSPS) is 17.2. The lowest BCUT2D eigenvalue weighted by Gasteiger charge is -2.20. The molecule has 2 aromatic rings. The zero-order valence-electron chi connectivity index (χ0n) is 15.4. The number of carboxylic acid groups (broad SMARTS) is 1. The summed E-state index contributed by atoms with van der Waals surface area (Å²) in [5, 5.41) is 9.24. The minimum Gasteiger partial charge on any atom is -0.465 e. The number of nitrogens with zero attached hydrogens (tertiary/aromatic N) is 2. The van der Waals surface area contributed by atoms with Gasteiger partial charge in [0.25, 0.3) is 0 Å². The Bertz CT molecular complexity index is 984. The molecule has 1 saturated heterocycles. The number of amides is 2.